The first kappa shape index (κ1) is 21.8. The molecule has 0 fully saturated rings. The zero-order valence-electron chi connectivity index (χ0n) is 14.7. The molecule has 0 spiro atoms. The highest BCUT2D eigenvalue weighted by Crippen LogP contribution is 2.23. The molecule has 1 atom stereocenters. The van der Waals surface area contributed by atoms with Crippen molar-refractivity contribution in [2.75, 3.05) is 13.2 Å². The molecule has 2 rings (SSSR count). The summed E-state index contributed by atoms with van der Waals surface area (Å²) < 4.78 is 6.67. The number of aliphatic carboxylic acids is 2. The van der Waals surface area contributed by atoms with Crippen LogP contribution >= 0.6 is 11.3 Å². The van der Waals surface area contributed by atoms with E-state index in [1.807, 2.05) is 37.6 Å². The number of benzene rings is 1. The first-order valence-electron chi connectivity index (χ1n) is 8.09. The molecule has 1 aromatic carbocycles. The molecule has 144 valence electrons. The second-order valence-electron chi connectivity index (χ2n) is 5.80. The Morgan fingerprint density at radius 3 is 2.46 bits per heavy atom. The Labute approximate surface area is 155 Å². The monoisotopic (exact) mass is 384 g/mol. The molecular formula is C17H24N2O6S. The Kier molecular flexibility index (Phi) is 9.56. The molecule has 4 N–H and O–H groups in total. The number of nitrogens with zero attached hydrogens (tertiary/aromatic N) is 1. The van der Waals surface area contributed by atoms with E-state index < -0.39 is 18.0 Å². The van der Waals surface area contributed by atoms with Gasteiger partial charge in [0.15, 0.2) is 0 Å². The highest BCUT2D eigenvalue weighted by Gasteiger charge is 2.06. The quantitative estimate of drug-likeness (QED) is 0.516. The summed E-state index contributed by atoms with van der Waals surface area (Å²) in [6, 6.07) is 6.13. The maximum atomic E-state index is 9.74. The van der Waals surface area contributed by atoms with Crippen molar-refractivity contribution in [1.29, 1.82) is 0 Å². The maximum Gasteiger partial charge on any atom is 0.303 e. The minimum Gasteiger partial charge on any atom is -0.491 e. The van der Waals surface area contributed by atoms with Crippen LogP contribution < -0.4 is 10.1 Å². The lowest BCUT2D eigenvalue weighted by molar-refractivity contribution is -0.143. The highest BCUT2D eigenvalue weighted by atomic mass is 32.1. The second kappa shape index (κ2) is 11.4. The van der Waals surface area contributed by atoms with Crippen molar-refractivity contribution in [2.24, 2.45) is 0 Å². The van der Waals surface area contributed by atoms with Gasteiger partial charge in [0.2, 0.25) is 0 Å². The molecule has 1 aromatic heterocycles. The molecule has 0 saturated heterocycles. The van der Waals surface area contributed by atoms with Gasteiger partial charge in [0, 0.05) is 12.6 Å². The van der Waals surface area contributed by atoms with Gasteiger partial charge in [-0.3, -0.25) is 9.59 Å². The molecular weight excluding hydrogens is 360 g/mol. The molecule has 0 aliphatic heterocycles. The summed E-state index contributed by atoms with van der Waals surface area (Å²) in [5.74, 6) is -1.38. The van der Waals surface area contributed by atoms with E-state index in [4.69, 9.17) is 14.9 Å². The molecule has 0 aliphatic rings. The number of thiazole rings is 1. The summed E-state index contributed by atoms with van der Waals surface area (Å²) >= 11 is 1.58. The first-order valence-corrected chi connectivity index (χ1v) is 8.97. The van der Waals surface area contributed by atoms with E-state index in [9.17, 15) is 14.7 Å². The van der Waals surface area contributed by atoms with Crippen LogP contribution in [0.3, 0.4) is 0 Å². The lowest BCUT2D eigenvalue weighted by Crippen LogP contribution is -2.35. The average molecular weight is 384 g/mol. The van der Waals surface area contributed by atoms with Gasteiger partial charge in [-0.2, -0.15) is 0 Å². The second-order valence-corrected chi connectivity index (χ2v) is 6.68. The number of fused-ring (bicyclic) bond motifs is 1. The molecule has 26 heavy (non-hydrogen) atoms. The zero-order chi connectivity index (χ0) is 19.5. The Bertz CT molecular complexity index is 689. The molecule has 9 heteroatoms. The van der Waals surface area contributed by atoms with E-state index in [1.165, 1.54) is 0 Å². The molecule has 0 radical (unpaired) electrons. The van der Waals surface area contributed by atoms with E-state index in [1.54, 1.807) is 11.3 Å². The van der Waals surface area contributed by atoms with Crippen molar-refractivity contribution >= 4 is 33.5 Å². The number of carboxylic acid groups (broad SMARTS) is 2. The molecule has 2 aromatic rings. The van der Waals surface area contributed by atoms with Crippen molar-refractivity contribution < 1.29 is 29.6 Å². The standard InChI is InChI=1S/C13H18N2O2S.C4H6O4/c1-9(2)14-6-10(16)7-17-11-3-4-12-13(5-11)18-8-15-12;5-3(6)1-2-4(7)8/h3-5,8-10,14,16H,6-7H2,1-2H3;1-2H2,(H,5,6)(H,7,8). The van der Waals surface area contributed by atoms with Crippen molar-refractivity contribution in [1.82, 2.24) is 10.3 Å². The van der Waals surface area contributed by atoms with Gasteiger partial charge in [0.05, 0.1) is 28.6 Å². The van der Waals surface area contributed by atoms with Crippen LogP contribution in [0.15, 0.2) is 23.7 Å². The predicted molar refractivity (Wildman–Crippen MR) is 98.8 cm³/mol. The van der Waals surface area contributed by atoms with Gasteiger partial charge in [-0.15, -0.1) is 11.3 Å². The third-order valence-corrected chi connectivity index (χ3v) is 3.85. The average Bonchev–Trinajstić information content (AvgIpc) is 3.04. The SMILES string of the molecule is CC(C)NCC(O)COc1ccc2ncsc2c1.O=C(O)CCC(=O)O. The van der Waals surface area contributed by atoms with Gasteiger partial charge in [-0.05, 0) is 18.2 Å². The highest BCUT2D eigenvalue weighted by molar-refractivity contribution is 7.16. The topological polar surface area (TPSA) is 129 Å². The molecule has 1 heterocycles. The number of hydrogen-bond acceptors (Lipinski definition) is 7. The van der Waals surface area contributed by atoms with Gasteiger partial charge >= 0.3 is 11.9 Å². The number of carbonyl (C=O) groups is 2. The Hall–Kier alpha value is -2.23. The smallest absolute Gasteiger partial charge is 0.303 e. The third-order valence-electron chi connectivity index (χ3n) is 3.06. The van der Waals surface area contributed by atoms with Crippen LogP contribution in [0.2, 0.25) is 0 Å². The van der Waals surface area contributed by atoms with Crippen molar-refractivity contribution in [3.8, 4) is 5.75 Å². The Balaban J connectivity index is 0.000000359. The van der Waals surface area contributed by atoms with E-state index in [2.05, 4.69) is 10.3 Å². The number of rotatable bonds is 9. The largest absolute Gasteiger partial charge is 0.491 e. The van der Waals surface area contributed by atoms with Crippen LogP contribution in [0.1, 0.15) is 26.7 Å². The van der Waals surface area contributed by atoms with Crippen LogP contribution in [-0.4, -0.2) is 57.5 Å². The molecule has 0 bridgehead atoms. The van der Waals surface area contributed by atoms with E-state index in [0.717, 1.165) is 16.0 Å². The summed E-state index contributed by atoms with van der Waals surface area (Å²) in [5.41, 5.74) is 2.80. The summed E-state index contributed by atoms with van der Waals surface area (Å²) in [7, 11) is 0. The molecule has 0 amide bonds. The normalized spacial score (nSPS) is 11.7. The van der Waals surface area contributed by atoms with Crippen LogP contribution in [0.25, 0.3) is 10.2 Å². The van der Waals surface area contributed by atoms with Crippen LogP contribution in [0, 0.1) is 0 Å². The fraction of sp³-hybridized carbons (Fsp3) is 0.471. The molecule has 8 nitrogen and oxygen atoms in total. The molecule has 1 unspecified atom stereocenters. The minimum atomic E-state index is -1.08. The van der Waals surface area contributed by atoms with E-state index >= 15 is 0 Å². The van der Waals surface area contributed by atoms with Gasteiger partial charge < -0.3 is 25.4 Å². The number of aliphatic hydroxyl groups excluding tert-OH is 1. The van der Waals surface area contributed by atoms with Gasteiger partial charge in [0.1, 0.15) is 18.5 Å². The number of hydrogen-bond donors (Lipinski definition) is 4. The van der Waals surface area contributed by atoms with Crippen LogP contribution in [-0.2, 0) is 9.59 Å². The number of ether oxygens (including phenoxy) is 1. The number of carboxylic acids is 2. The Morgan fingerprint density at radius 2 is 1.88 bits per heavy atom. The predicted octanol–water partition coefficient (Wildman–Crippen LogP) is 1.97. The number of aromatic nitrogens is 1. The number of aliphatic hydroxyl groups is 1. The fourth-order valence-electron chi connectivity index (χ4n) is 1.76. The van der Waals surface area contributed by atoms with E-state index in [-0.39, 0.29) is 12.8 Å². The lowest BCUT2D eigenvalue weighted by Gasteiger charge is -2.14. The van der Waals surface area contributed by atoms with Crippen molar-refractivity contribution in [3.05, 3.63) is 23.7 Å². The summed E-state index contributed by atoms with van der Waals surface area (Å²) in [4.78, 5) is 23.5. The first-order chi connectivity index (χ1) is 12.3. The van der Waals surface area contributed by atoms with Gasteiger partial charge in [0.25, 0.3) is 0 Å². The minimum absolute atomic E-state index is 0.296. The zero-order valence-corrected chi connectivity index (χ0v) is 15.5. The van der Waals surface area contributed by atoms with Crippen LogP contribution in [0.5, 0.6) is 5.75 Å². The van der Waals surface area contributed by atoms with Crippen LogP contribution in [0.4, 0.5) is 0 Å². The number of nitrogens with one attached hydrogen (secondary N) is 1. The van der Waals surface area contributed by atoms with Crippen molar-refractivity contribution in [3.63, 3.8) is 0 Å². The van der Waals surface area contributed by atoms with E-state index in [0.29, 0.717) is 19.2 Å². The summed E-state index contributed by atoms with van der Waals surface area (Å²) in [6.45, 7) is 4.93. The summed E-state index contributed by atoms with van der Waals surface area (Å²) in [5, 5.41) is 28.7. The van der Waals surface area contributed by atoms with Crippen molar-refractivity contribution in [2.45, 2.75) is 38.8 Å². The molecule has 0 saturated carbocycles. The Morgan fingerprint density at radius 1 is 1.23 bits per heavy atom. The molecule has 0 aliphatic carbocycles. The summed E-state index contributed by atoms with van der Waals surface area (Å²) in [6.07, 6.45) is -1.09. The fourth-order valence-corrected chi connectivity index (χ4v) is 2.47. The van der Waals surface area contributed by atoms with Gasteiger partial charge in [-0.1, -0.05) is 13.8 Å². The maximum absolute atomic E-state index is 9.74. The lowest BCUT2D eigenvalue weighted by atomic mass is 10.3. The third kappa shape index (κ3) is 9.30. The van der Waals surface area contributed by atoms with Gasteiger partial charge in [-0.25, -0.2) is 4.98 Å².